The molecule has 0 aliphatic rings. The van der Waals surface area contributed by atoms with Crippen LogP contribution in [0.3, 0.4) is 0 Å². The largest absolute Gasteiger partial charge is 0.309 e. The van der Waals surface area contributed by atoms with Crippen LogP contribution in [0.4, 0.5) is 0 Å². The summed E-state index contributed by atoms with van der Waals surface area (Å²) in [4.78, 5) is 16.9. The smallest absolute Gasteiger partial charge is 0.271 e. The summed E-state index contributed by atoms with van der Waals surface area (Å²) in [7, 11) is 0. The van der Waals surface area contributed by atoms with Crippen molar-refractivity contribution < 1.29 is 0 Å². The molecule has 1 rings (SSSR count). The van der Waals surface area contributed by atoms with Crippen LogP contribution in [0.5, 0.6) is 0 Å². The highest BCUT2D eigenvalue weighted by Crippen LogP contribution is 2.12. The lowest BCUT2D eigenvalue weighted by molar-refractivity contribution is 1.02. The Hall–Kier alpha value is -0.540. The van der Waals surface area contributed by atoms with Crippen LogP contribution in [0, 0.1) is 6.92 Å². The molecule has 0 unspecified atom stereocenters. The van der Waals surface area contributed by atoms with Gasteiger partial charge in [0.25, 0.3) is 5.56 Å². The van der Waals surface area contributed by atoms with Gasteiger partial charge in [-0.25, -0.2) is 4.98 Å². The number of hydrogen-bond acceptors (Lipinski definition) is 2. The molecule has 0 radical (unpaired) electrons. The second-order valence-corrected chi connectivity index (χ2v) is 2.49. The van der Waals surface area contributed by atoms with Gasteiger partial charge in [0.15, 0.2) is 5.15 Å². The van der Waals surface area contributed by atoms with Gasteiger partial charge in [-0.15, -0.1) is 0 Å². The fourth-order valence-electron chi connectivity index (χ4n) is 0.537. The number of rotatable bonds is 0. The van der Waals surface area contributed by atoms with Crippen molar-refractivity contribution in [2.45, 2.75) is 6.92 Å². The van der Waals surface area contributed by atoms with Crippen molar-refractivity contribution in [3.05, 3.63) is 26.4 Å². The van der Waals surface area contributed by atoms with Crippen LogP contribution in [-0.4, -0.2) is 9.97 Å². The molecular weight excluding hydrogens is 175 g/mol. The number of aromatic nitrogens is 2. The zero-order valence-corrected chi connectivity index (χ0v) is 6.62. The highest BCUT2D eigenvalue weighted by atomic mass is 35.5. The second kappa shape index (κ2) is 2.60. The van der Waals surface area contributed by atoms with E-state index in [1.165, 1.54) is 0 Å². The first kappa shape index (κ1) is 7.57. The van der Waals surface area contributed by atoms with Crippen molar-refractivity contribution in [2.75, 3.05) is 0 Å². The van der Waals surface area contributed by atoms with Crippen molar-refractivity contribution in [2.24, 2.45) is 0 Å². The van der Waals surface area contributed by atoms with Gasteiger partial charge in [0.2, 0.25) is 0 Å². The van der Waals surface area contributed by atoms with Gasteiger partial charge in [-0.3, -0.25) is 4.79 Å². The first-order chi connectivity index (χ1) is 4.61. The third-order valence-electron chi connectivity index (χ3n) is 0.941. The number of nitrogens with one attached hydrogen (secondary N) is 1. The molecule has 0 saturated heterocycles. The van der Waals surface area contributed by atoms with E-state index in [4.69, 9.17) is 23.2 Å². The van der Waals surface area contributed by atoms with E-state index in [0.29, 0.717) is 5.82 Å². The van der Waals surface area contributed by atoms with Crippen LogP contribution in [0.2, 0.25) is 10.2 Å². The van der Waals surface area contributed by atoms with Gasteiger partial charge < -0.3 is 4.98 Å². The molecule has 1 N–H and O–H groups in total. The Balaban J connectivity index is 3.46. The molecule has 0 atom stereocenters. The summed E-state index contributed by atoms with van der Waals surface area (Å²) in [6.07, 6.45) is 0. The Morgan fingerprint density at radius 1 is 1.50 bits per heavy atom. The Morgan fingerprint density at radius 3 is 2.60 bits per heavy atom. The first-order valence-corrected chi connectivity index (χ1v) is 3.29. The lowest BCUT2D eigenvalue weighted by atomic mass is 10.6. The number of hydrogen-bond donors (Lipinski definition) is 1. The summed E-state index contributed by atoms with van der Waals surface area (Å²) in [5.41, 5.74) is -0.404. The molecule has 0 saturated carbocycles. The lowest BCUT2D eigenvalue weighted by Gasteiger charge is -1.93. The Labute approximate surface area is 67.0 Å². The minimum absolute atomic E-state index is 0.0444. The van der Waals surface area contributed by atoms with Gasteiger partial charge in [-0.1, -0.05) is 23.2 Å². The normalized spacial score (nSPS) is 9.90. The summed E-state index contributed by atoms with van der Waals surface area (Å²) < 4.78 is 0. The van der Waals surface area contributed by atoms with Gasteiger partial charge >= 0.3 is 0 Å². The zero-order chi connectivity index (χ0) is 7.72. The van der Waals surface area contributed by atoms with Crippen LogP contribution in [0.25, 0.3) is 0 Å². The van der Waals surface area contributed by atoms with Crippen molar-refractivity contribution in [3.8, 4) is 0 Å². The van der Waals surface area contributed by atoms with Crippen LogP contribution >= 0.6 is 23.2 Å². The highest BCUT2D eigenvalue weighted by Gasteiger charge is 2.02. The van der Waals surface area contributed by atoms with Gasteiger partial charge in [-0.2, -0.15) is 0 Å². The van der Waals surface area contributed by atoms with Crippen molar-refractivity contribution in [1.29, 1.82) is 0 Å². The Morgan fingerprint density at radius 2 is 2.10 bits per heavy atom. The van der Waals surface area contributed by atoms with E-state index in [0.717, 1.165) is 0 Å². The number of aromatic amines is 1. The molecule has 10 heavy (non-hydrogen) atoms. The highest BCUT2D eigenvalue weighted by molar-refractivity contribution is 6.40. The van der Waals surface area contributed by atoms with E-state index >= 15 is 0 Å². The van der Waals surface area contributed by atoms with E-state index in [9.17, 15) is 4.79 Å². The van der Waals surface area contributed by atoms with E-state index in [1.54, 1.807) is 6.92 Å². The molecule has 0 aliphatic carbocycles. The molecule has 1 aromatic heterocycles. The van der Waals surface area contributed by atoms with Gasteiger partial charge in [0, 0.05) is 0 Å². The molecular formula is C5H4Cl2N2O. The standard InChI is InChI=1S/C5H4Cl2N2O/c1-2-8-4(7)3(6)5(10)9-2/h1H3,(H,8,9,10). The molecule has 1 aromatic rings. The summed E-state index contributed by atoms with van der Waals surface area (Å²) >= 11 is 10.9. The lowest BCUT2D eigenvalue weighted by Crippen LogP contribution is -2.09. The Kier molecular flexibility index (Phi) is 1.97. The third kappa shape index (κ3) is 1.30. The molecule has 0 bridgehead atoms. The Bertz CT molecular complexity index is 307. The molecule has 1 heterocycles. The minimum Gasteiger partial charge on any atom is -0.309 e. The van der Waals surface area contributed by atoms with Gasteiger partial charge in [0.1, 0.15) is 10.8 Å². The van der Waals surface area contributed by atoms with Gasteiger partial charge in [0.05, 0.1) is 0 Å². The molecule has 3 nitrogen and oxygen atoms in total. The summed E-state index contributed by atoms with van der Waals surface area (Å²) in [6.45, 7) is 1.63. The molecule has 0 aliphatic heterocycles. The van der Waals surface area contributed by atoms with E-state index in [2.05, 4.69) is 9.97 Å². The topological polar surface area (TPSA) is 45.8 Å². The van der Waals surface area contributed by atoms with Crippen LogP contribution in [0.1, 0.15) is 5.82 Å². The predicted molar refractivity (Wildman–Crippen MR) is 39.6 cm³/mol. The number of H-pyrrole nitrogens is 1. The fourth-order valence-corrected chi connectivity index (χ4v) is 0.839. The van der Waals surface area contributed by atoms with E-state index < -0.39 is 5.56 Å². The summed E-state index contributed by atoms with van der Waals surface area (Å²) in [5.74, 6) is 0.458. The molecule has 5 heteroatoms. The second-order valence-electron chi connectivity index (χ2n) is 1.76. The van der Waals surface area contributed by atoms with Crippen LogP contribution in [-0.2, 0) is 0 Å². The SMILES string of the molecule is Cc1nc(Cl)c(Cl)c(=O)[nH]1. The van der Waals surface area contributed by atoms with Gasteiger partial charge in [-0.05, 0) is 6.92 Å². The molecule has 54 valence electrons. The number of halogens is 2. The van der Waals surface area contributed by atoms with E-state index in [1.807, 2.05) is 0 Å². The molecule has 0 aromatic carbocycles. The van der Waals surface area contributed by atoms with Crippen molar-refractivity contribution in [1.82, 2.24) is 9.97 Å². The van der Waals surface area contributed by atoms with Crippen molar-refractivity contribution >= 4 is 23.2 Å². The zero-order valence-electron chi connectivity index (χ0n) is 5.11. The molecule has 0 amide bonds. The third-order valence-corrected chi connectivity index (χ3v) is 1.66. The predicted octanol–water partition coefficient (Wildman–Crippen LogP) is 1.39. The average Bonchev–Trinajstić information content (AvgIpc) is 1.82. The number of nitrogens with zero attached hydrogens (tertiary/aromatic N) is 1. The van der Waals surface area contributed by atoms with Crippen LogP contribution < -0.4 is 5.56 Å². The fraction of sp³-hybridized carbons (Fsp3) is 0.200. The maximum absolute atomic E-state index is 10.7. The van der Waals surface area contributed by atoms with Crippen LogP contribution in [0.15, 0.2) is 4.79 Å². The molecule has 0 spiro atoms. The molecule has 0 fully saturated rings. The number of aryl methyl sites for hydroxylation is 1. The maximum Gasteiger partial charge on any atom is 0.271 e. The summed E-state index contributed by atoms with van der Waals surface area (Å²) in [6, 6.07) is 0. The monoisotopic (exact) mass is 178 g/mol. The quantitative estimate of drug-likeness (QED) is 0.611. The van der Waals surface area contributed by atoms with E-state index in [-0.39, 0.29) is 10.2 Å². The maximum atomic E-state index is 10.7. The minimum atomic E-state index is -0.404. The average molecular weight is 179 g/mol. The van der Waals surface area contributed by atoms with Crippen molar-refractivity contribution in [3.63, 3.8) is 0 Å². The first-order valence-electron chi connectivity index (χ1n) is 2.53. The summed E-state index contributed by atoms with van der Waals surface area (Å²) in [5, 5.41) is -0.0183.